The molecule has 152 valence electrons. The molecule has 0 radical (unpaired) electrons. The number of sulfonamides is 1. The number of benzene rings is 2. The zero-order valence-corrected chi connectivity index (χ0v) is 16.7. The Hall–Kier alpha value is -2.33. The summed E-state index contributed by atoms with van der Waals surface area (Å²) in [7, 11) is -2.63. The van der Waals surface area contributed by atoms with E-state index in [1.807, 2.05) is 0 Å². The highest BCUT2D eigenvalue weighted by Gasteiger charge is 2.35. The molecule has 1 aliphatic heterocycles. The molecule has 0 aliphatic carbocycles. The molecule has 0 spiro atoms. The van der Waals surface area contributed by atoms with Crippen LogP contribution in [0.1, 0.15) is 17.3 Å². The van der Waals surface area contributed by atoms with Crippen molar-refractivity contribution in [3.05, 3.63) is 74.7 Å². The molecule has 0 bridgehead atoms. The van der Waals surface area contributed by atoms with Crippen molar-refractivity contribution in [2.75, 3.05) is 13.7 Å². The molecule has 29 heavy (non-hydrogen) atoms. The summed E-state index contributed by atoms with van der Waals surface area (Å²) in [4.78, 5) is 14.9. The number of aromatic nitrogens is 1. The first kappa shape index (κ1) is 20.0. The SMILES string of the molecule is CN([C@@H]1COCc2[nH]c(=O)c3cc(F)c(F)cc3c21)S(=O)(=O)c1cccc(Cl)c1. The maximum absolute atomic E-state index is 14.0. The second kappa shape index (κ2) is 7.17. The van der Waals surface area contributed by atoms with E-state index < -0.39 is 33.3 Å². The molecule has 0 fully saturated rings. The number of rotatable bonds is 3. The van der Waals surface area contributed by atoms with Gasteiger partial charge < -0.3 is 9.72 Å². The van der Waals surface area contributed by atoms with Crippen molar-refractivity contribution >= 4 is 32.4 Å². The topological polar surface area (TPSA) is 79.5 Å². The van der Waals surface area contributed by atoms with Crippen molar-refractivity contribution in [1.29, 1.82) is 0 Å². The normalized spacial score (nSPS) is 16.9. The molecule has 3 aromatic rings. The zero-order chi connectivity index (χ0) is 20.9. The Labute approximate surface area is 169 Å². The van der Waals surface area contributed by atoms with E-state index in [4.69, 9.17) is 16.3 Å². The second-order valence-corrected chi connectivity index (χ2v) is 9.10. The molecule has 1 N–H and O–H groups in total. The van der Waals surface area contributed by atoms with Crippen LogP contribution in [0.4, 0.5) is 8.78 Å². The summed E-state index contributed by atoms with van der Waals surface area (Å²) in [5.74, 6) is -2.29. The summed E-state index contributed by atoms with van der Waals surface area (Å²) in [6, 6.07) is 6.64. The molecule has 4 rings (SSSR count). The molecule has 6 nitrogen and oxygen atoms in total. The summed E-state index contributed by atoms with van der Waals surface area (Å²) in [6.45, 7) is -0.00943. The summed E-state index contributed by atoms with van der Waals surface area (Å²) < 4.78 is 60.4. The minimum atomic E-state index is -3.99. The molecule has 1 aromatic heterocycles. The average Bonchev–Trinajstić information content (AvgIpc) is 2.68. The van der Waals surface area contributed by atoms with Crippen LogP contribution in [0.15, 0.2) is 46.1 Å². The van der Waals surface area contributed by atoms with Crippen LogP contribution in [-0.4, -0.2) is 31.4 Å². The van der Waals surface area contributed by atoms with E-state index >= 15 is 0 Å². The molecular formula is C19H15ClF2N2O4S. The highest BCUT2D eigenvalue weighted by atomic mass is 35.5. The van der Waals surface area contributed by atoms with Gasteiger partial charge in [0, 0.05) is 23.3 Å². The first-order chi connectivity index (χ1) is 13.7. The molecule has 10 heteroatoms. The quantitative estimate of drug-likeness (QED) is 0.677. The number of pyridine rings is 1. The van der Waals surface area contributed by atoms with Gasteiger partial charge in [-0.15, -0.1) is 0 Å². The Morgan fingerprint density at radius 3 is 2.55 bits per heavy atom. The van der Waals surface area contributed by atoms with Gasteiger partial charge in [-0.2, -0.15) is 4.31 Å². The van der Waals surface area contributed by atoms with E-state index in [0.29, 0.717) is 11.3 Å². The fourth-order valence-electron chi connectivity index (χ4n) is 3.49. The second-order valence-electron chi connectivity index (χ2n) is 6.67. The summed E-state index contributed by atoms with van der Waals surface area (Å²) >= 11 is 5.93. The van der Waals surface area contributed by atoms with Gasteiger partial charge in [-0.25, -0.2) is 17.2 Å². The monoisotopic (exact) mass is 440 g/mol. The van der Waals surface area contributed by atoms with E-state index in [0.717, 1.165) is 16.4 Å². The number of H-pyrrole nitrogens is 1. The first-order valence-electron chi connectivity index (χ1n) is 8.55. The minimum absolute atomic E-state index is 0.0149. The lowest BCUT2D eigenvalue weighted by molar-refractivity contribution is 0.0626. The Bertz CT molecular complexity index is 1290. The predicted molar refractivity (Wildman–Crippen MR) is 103 cm³/mol. The van der Waals surface area contributed by atoms with Gasteiger partial charge in [0.15, 0.2) is 11.6 Å². The Balaban J connectivity index is 1.91. The van der Waals surface area contributed by atoms with Crippen LogP contribution in [0.2, 0.25) is 5.02 Å². The van der Waals surface area contributed by atoms with Gasteiger partial charge in [0.25, 0.3) is 5.56 Å². The molecule has 2 aromatic carbocycles. The van der Waals surface area contributed by atoms with Crippen LogP contribution in [-0.2, 0) is 21.4 Å². The summed E-state index contributed by atoms with van der Waals surface area (Å²) in [5, 5.41) is 0.333. The molecule has 2 heterocycles. The Morgan fingerprint density at radius 2 is 1.86 bits per heavy atom. The van der Waals surface area contributed by atoms with Gasteiger partial charge >= 0.3 is 0 Å². The van der Waals surface area contributed by atoms with Crippen molar-refractivity contribution in [3.8, 4) is 0 Å². The first-order valence-corrected chi connectivity index (χ1v) is 10.4. The fraction of sp³-hybridized carbons (Fsp3) is 0.211. The number of aromatic amines is 1. The molecular weight excluding hydrogens is 426 g/mol. The van der Waals surface area contributed by atoms with Crippen LogP contribution in [0, 0.1) is 11.6 Å². The van der Waals surface area contributed by atoms with Crippen LogP contribution >= 0.6 is 11.6 Å². The average molecular weight is 441 g/mol. The lowest BCUT2D eigenvalue weighted by Crippen LogP contribution is -2.37. The van der Waals surface area contributed by atoms with Gasteiger partial charge in [-0.05, 0) is 35.7 Å². The number of likely N-dealkylation sites (N-methyl/N-ethyl adjacent to an activating group) is 1. The van der Waals surface area contributed by atoms with E-state index in [1.165, 1.54) is 25.2 Å². The summed E-state index contributed by atoms with van der Waals surface area (Å²) in [6.07, 6.45) is 0. The molecule has 0 saturated carbocycles. The van der Waals surface area contributed by atoms with Crippen molar-refractivity contribution in [1.82, 2.24) is 9.29 Å². The van der Waals surface area contributed by atoms with E-state index in [2.05, 4.69) is 4.98 Å². The van der Waals surface area contributed by atoms with Crippen LogP contribution in [0.5, 0.6) is 0 Å². The number of hydrogen-bond acceptors (Lipinski definition) is 4. The molecule has 0 saturated heterocycles. The highest BCUT2D eigenvalue weighted by molar-refractivity contribution is 7.89. The molecule has 1 aliphatic rings. The van der Waals surface area contributed by atoms with E-state index in [1.54, 1.807) is 6.07 Å². The van der Waals surface area contributed by atoms with E-state index in [-0.39, 0.29) is 33.9 Å². The largest absolute Gasteiger partial charge is 0.373 e. The van der Waals surface area contributed by atoms with Crippen LogP contribution in [0.3, 0.4) is 0 Å². The lowest BCUT2D eigenvalue weighted by atomic mass is 9.96. The Morgan fingerprint density at radius 1 is 1.17 bits per heavy atom. The number of ether oxygens (including phenoxy) is 1. The van der Waals surface area contributed by atoms with Gasteiger partial charge in [0.1, 0.15) is 0 Å². The molecule has 0 amide bonds. The predicted octanol–water partition coefficient (Wildman–Crippen LogP) is 3.35. The molecule has 0 unspecified atom stereocenters. The van der Waals surface area contributed by atoms with Gasteiger partial charge in [0.2, 0.25) is 10.0 Å². The number of nitrogens with zero attached hydrogens (tertiary/aromatic N) is 1. The van der Waals surface area contributed by atoms with Crippen molar-refractivity contribution < 1.29 is 21.9 Å². The lowest BCUT2D eigenvalue weighted by Gasteiger charge is -2.33. The standard InChI is InChI=1S/C19H15ClF2N2O4S/c1-24(29(26,27)11-4-2-3-10(20)5-11)17-9-28-8-16-18(17)12-6-14(21)15(22)7-13(12)19(25)23-16/h2-7,17H,8-9H2,1H3,(H,23,25)/t17-/m1/s1. The van der Waals surface area contributed by atoms with Crippen molar-refractivity contribution in [2.24, 2.45) is 0 Å². The Kier molecular flexibility index (Phi) is 4.94. The minimum Gasteiger partial charge on any atom is -0.373 e. The van der Waals surface area contributed by atoms with Crippen molar-refractivity contribution in [3.63, 3.8) is 0 Å². The zero-order valence-electron chi connectivity index (χ0n) is 15.1. The third kappa shape index (κ3) is 3.33. The maximum Gasteiger partial charge on any atom is 0.256 e. The number of nitrogens with one attached hydrogen (secondary N) is 1. The van der Waals surface area contributed by atoms with Crippen LogP contribution < -0.4 is 5.56 Å². The maximum atomic E-state index is 14.0. The number of hydrogen-bond donors (Lipinski definition) is 1. The third-order valence-corrected chi connectivity index (χ3v) is 7.05. The van der Waals surface area contributed by atoms with Crippen LogP contribution in [0.25, 0.3) is 10.8 Å². The van der Waals surface area contributed by atoms with Crippen molar-refractivity contribution in [2.45, 2.75) is 17.5 Å². The third-order valence-electron chi connectivity index (χ3n) is 4.95. The van der Waals surface area contributed by atoms with Gasteiger partial charge in [-0.1, -0.05) is 17.7 Å². The number of fused-ring (bicyclic) bond motifs is 3. The number of halogens is 3. The fourth-order valence-corrected chi connectivity index (χ4v) is 5.11. The summed E-state index contributed by atoms with van der Waals surface area (Å²) in [5.41, 5.74) is 0.0815. The van der Waals surface area contributed by atoms with Gasteiger partial charge in [-0.3, -0.25) is 4.79 Å². The van der Waals surface area contributed by atoms with Gasteiger partial charge in [0.05, 0.1) is 29.5 Å². The molecule has 1 atom stereocenters. The highest BCUT2D eigenvalue weighted by Crippen LogP contribution is 2.36. The smallest absolute Gasteiger partial charge is 0.256 e. The van der Waals surface area contributed by atoms with E-state index in [9.17, 15) is 22.0 Å².